The van der Waals surface area contributed by atoms with Crippen molar-refractivity contribution in [3.8, 4) is 5.75 Å². The number of methoxy groups -OCH3 is 1. The minimum Gasteiger partial charge on any atom is -0.495 e. The van der Waals surface area contributed by atoms with Crippen molar-refractivity contribution in [1.82, 2.24) is 0 Å². The Bertz CT molecular complexity index is 1270. The van der Waals surface area contributed by atoms with E-state index in [1.165, 1.54) is 11.8 Å². The molecule has 0 saturated heterocycles. The van der Waals surface area contributed by atoms with E-state index < -0.39 is 5.91 Å². The maximum atomic E-state index is 12.6. The number of hydrogen-bond donors (Lipinski definition) is 3. The lowest BCUT2D eigenvalue weighted by Crippen LogP contribution is -2.22. The van der Waals surface area contributed by atoms with Crippen molar-refractivity contribution in [2.45, 2.75) is 4.90 Å². The third-order valence-electron chi connectivity index (χ3n) is 4.67. The Morgan fingerprint density at radius 3 is 2.58 bits per heavy atom. The molecule has 4 aromatic rings. The third kappa shape index (κ3) is 4.59. The summed E-state index contributed by atoms with van der Waals surface area (Å²) in [6, 6.07) is 18.8. The van der Waals surface area contributed by atoms with Crippen molar-refractivity contribution in [1.29, 1.82) is 0 Å². The van der Waals surface area contributed by atoms with Crippen molar-refractivity contribution in [2.75, 3.05) is 30.0 Å². The maximum absolute atomic E-state index is 12.6. The molecule has 4 N–H and O–H groups in total. The van der Waals surface area contributed by atoms with Gasteiger partial charge < -0.3 is 25.5 Å². The van der Waals surface area contributed by atoms with Gasteiger partial charge in [0.25, 0.3) is 0 Å². The summed E-state index contributed by atoms with van der Waals surface area (Å²) >= 11 is 1.32. The first kappa shape index (κ1) is 20.6. The number of amides is 2. The zero-order valence-electron chi connectivity index (χ0n) is 16.8. The number of anilines is 2. The summed E-state index contributed by atoms with van der Waals surface area (Å²) in [7, 11) is 1.56. The van der Waals surface area contributed by atoms with Gasteiger partial charge in [-0.3, -0.25) is 9.59 Å². The maximum Gasteiger partial charge on any atom is 0.243 e. The Morgan fingerprint density at radius 2 is 1.77 bits per heavy atom. The molecule has 3 aromatic carbocycles. The van der Waals surface area contributed by atoms with Crippen LogP contribution in [-0.4, -0.2) is 31.2 Å². The number of fused-ring (bicyclic) bond motifs is 3. The fourth-order valence-electron chi connectivity index (χ4n) is 3.28. The number of para-hydroxylation sites is 2. The van der Waals surface area contributed by atoms with E-state index in [1.54, 1.807) is 13.2 Å². The molecule has 0 bridgehead atoms. The average molecular weight is 436 g/mol. The summed E-state index contributed by atoms with van der Waals surface area (Å²) in [6.45, 7) is 0.0372. The SMILES string of the molecule is COc1cc2c(cc1NC(=O)CNc1ccccc1SCC(N)=O)oc1ccccc12. The molecule has 0 radical (unpaired) electrons. The Labute approximate surface area is 182 Å². The summed E-state index contributed by atoms with van der Waals surface area (Å²) in [4.78, 5) is 24.5. The molecule has 0 aliphatic heterocycles. The van der Waals surface area contributed by atoms with Crippen LogP contribution >= 0.6 is 11.8 Å². The van der Waals surface area contributed by atoms with Crippen LogP contribution in [0.1, 0.15) is 0 Å². The van der Waals surface area contributed by atoms with Crippen LogP contribution in [0.5, 0.6) is 5.75 Å². The van der Waals surface area contributed by atoms with Gasteiger partial charge in [-0.25, -0.2) is 0 Å². The van der Waals surface area contributed by atoms with E-state index in [1.807, 2.05) is 54.6 Å². The molecule has 0 saturated carbocycles. The molecule has 1 heterocycles. The first-order valence-corrected chi connectivity index (χ1v) is 10.6. The molecule has 0 spiro atoms. The van der Waals surface area contributed by atoms with Crippen molar-refractivity contribution < 1.29 is 18.7 Å². The first-order chi connectivity index (χ1) is 15.0. The number of carbonyl (C=O) groups excluding carboxylic acids is 2. The fraction of sp³-hybridized carbons (Fsp3) is 0.130. The van der Waals surface area contributed by atoms with Gasteiger partial charge in [-0.2, -0.15) is 0 Å². The molecular weight excluding hydrogens is 414 g/mol. The van der Waals surface area contributed by atoms with E-state index in [0.29, 0.717) is 17.0 Å². The van der Waals surface area contributed by atoms with E-state index in [2.05, 4.69) is 10.6 Å². The van der Waals surface area contributed by atoms with Gasteiger partial charge in [-0.05, 0) is 24.3 Å². The van der Waals surface area contributed by atoms with Gasteiger partial charge in [0.1, 0.15) is 16.9 Å². The number of nitrogens with one attached hydrogen (secondary N) is 2. The lowest BCUT2D eigenvalue weighted by molar-refractivity contribution is -0.116. The lowest BCUT2D eigenvalue weighted by atomic mass is 10.1. The van der Waals surface area contributed by atoms with Crippen LogP contribution in [0.3, 0.4) is 0 Å². The van der Waals surface area contributed by atoms with E-state index in [9.17, 15) is 9.59 Å². The highest BCUT2D eigenvalue weighted by Crippen LogP contribution is 2.36. The monoisotopic (exact) mass is 435 g/mol. The van der Waals surface area contributed by atoms with Crippen molar-refractivity contribution in [2.24, 2.45) is 5.73 Å². The number of thioether (sulfide) groups is 1. The molecule has 7 nitrogen and oxygen atoms in total. The predicted octanol–water partition coefficient (Wildman–Crippen LogP) is 4.22. The second-order valence-corrected chi connectivity index (χ2v) is 7.82. The molecule has 0 unspecified atom stereocenters. The molecule has 0 aliphatic rings. The molecule has 31 heavy (non-hydrogen) atoms. The number of hydrogen-bond acceptors (Lipinski definition) is 6. The number of furan rings is 1. The molecule has 4 rings (SSSR count). The molecule has 8 heteroatoms. The zero-order valence-corrected chi connectivity index (χ0v) is 17.6. The van der Waals surface area contributed by atoms with Crippen LogP contribution in [0.2, 0.25) is 0 Å². The summed E-state index contributed by atoms with van der Waals surface area (Å²) in [5.74, 6) is 0.0680. The van der Waals surface area contributed by atoms with Crippen LogP contribution in [0.4, 0.5) is 11.4 Å². The van der Waals surface area contributed by atoms with E-state index in [-0.39, 0.29) is 18.2 Å². The fourth-order valence-corrected chi connectivity index (χ4v) is 4.04. The number of benzene rings is 3. The van der Waals surface area contributed by atoms with Gasteiger partial charge >= 0.3 is 0 Å². The summed E-state index contributed by atoms with van der Waals surface area (Å²) < 4.78 is 11.4. The second kappa shape index (κ2) is 9.01. The van der Waals surface area contributed by atoms with E-state index in [0.717, 1.165) is 26.9 Å². The van der Waals surface area contributed by atoms with Gasteiger partial charge in [-0.15, -0.1) is 11.8 Å². The van der Waals surface area contributed by atoms with Crippen LogP contribution in [0.15, 0.2) is 70.0 Å². The van der Waals surface area contributed by atoms with E-state index in [4.69, 9.17) is 14.9 Å². The Hall–Kier alpha value is -3.65. The molecule has 158 valence electrons. The van der Waals surface area contributed by atoms with Crippen molar-refractivity contribution in [3.63, 3.8) is 0 Å². The topological polar surface area (TPSA) is 107 Å². The number of primary amides is 1. The summed E-state index contributed by atoms with van der Waals surface area (Å²) in [6.07, 6.45) is 0. The Morgan fingerprint density at radius 1 is 1.00 bits per heavy atom. The van der Waals surface area contributed by atoms with Crippen molar-refractivity contribution >= 4 is 56.9 Å². The van der Waals surface area contributed by atoms with Crippen LogP contribution in [-0.2, 0) is 9.59 Å². The molecule has 2 amide bonds. The second-order valence-electron chi connectivity index (χ2n) is 6.80. The highest BCUT2D eigenvalue weighted by molar-refractivity contribution is 8.00. The smallest absolute Gasteiger partial charge is 0.243 e. The van der Waals surface area contributed by atoms with Gasteiger partial charge in [0.15, 0.2) is 0 Å². The third-order valence-corrected chi connectivity index (χ3v) is 5.77. The average Bonchev–Trinajstić information content (AvgIpc) is 3.13. The Balaban J connectivity index is 1.50. The minimum absolute atomic E-state index is 0.0372. The molecule has 1 aromatic heterocycles. The largest absolute Gasteiger partial charge is 0.495 e. The standard InChI is InChI=1S/C23H21N3O4S/c1-29-20-10-15-14-6-2-4-8-18(14)30-19(15)11-17(20)26-23(28)12-25-16-7-3-5-9-21(16)31-13-22(24)27/h2-11,25H,12-13H2,1H3,(H2,24,27)(H,26,28). The summed E-state index contributed by atoms with van der Waals surface area (Å²) in [5.41, 5.74) is 7.94. The van der Waals surface area contributed by atoms with Crippen LogP contribution in [0.25, 0.3) is 21.9 Å². The molecule has 0 fully saturated rings. The minimum atomic E-state index is -0.398. The van der Waals surface area contributed by atoms with Crippen molar-refractivity contribution in [3.05, 3.63) is 60.7 Å². The highest BCUT2D eigenvalue weighted by atomic mass is 32.2. The molecule has 0 aliphatic carbocycles. The van der Waals surface area contributed by atoms with Gasteiger partial charge in [0, 0.05) is 27.4 Å². The predicted molar refractivity (Wildman–Crippen MR) is 124 cm³/mol. The summed E-state index contributed by atoms with van der Waals surface area (Å²) in [5, 5.41) is 7.88. The number of carbonyl (C=O) groups is 2. The normalized spacial score (nSPS) is 10.9. The number of rotatable bonds is 8. The zero-order chi connectivity index (χ0) is 21.8. The Kier molecular flexibility index (Phi) is 5.99. The highest BCUT2D eigenvalue weighted by Gasteiger charge is 2.14. The van der Waals surface area contributed by atoms with Crippen LogP contribution < -0.4 is 21.1 Å². The molecular formula is C23H21N3O4S. The number of ether oxygens (including phenoxy) is 1. The quantitative estimate of drug-likeness (QED) is 0.358. The van der Waals surface area contributed by atoms with Gasteiger partial charge in [-0.1, -0.05) is 30.3 Å². The lowest BCUT2D eigenvalue weighted by Gasteiger charge is -2.13. The van der Waals surface area contributed by atoms with Gasteiger partial charge in [0.05, 0.1) is 25.1 Å². The van der Waals surface area contributed by atoms with Gasteiger partial charge in [0.2, 0.25) is 11.8 Å². The first-order valence-electron chi connectivity index (χ1n) is 9.58. The molecule has 0 atom stereocenters. The van der Waals surface area contributed by atoms with Crippen LogP contribution in [0, 0.1) is 0 Å². The number of nitrogens with two attached hydrogens (primary N) is 1. The van der Waals surface area contributed by atoms with E-state index >= 15 is 0 Å².